The Morgan fingerprint density at radius 1 is 1.09 bits per heavy atom. The highest BCUT2D eigenvalue weighted by molar-refractivity contribution is 7.12. The molecule has 2 aromatic carbocycles. The Hall–Kier alpha value is -3.29. The number of anilines is 1. The lowest BCUT2D eigenvalue weighted by Gasteiger charge is -2.18. The Balaban J connectivity index is 0.000000239. The fourth-order valence-electron chi connectivity index (χ4n) is 4.41. The SMILES string of the molecule is Cc1ccsc1C(=O)O.c1cc(CNC2CC2)cc(-c2ccc3ncnc(N4CCCC4)c3c2)c1. The van der Waals surface area contributed by atoms with Crippen molar-refractivity contribution in [1.29, 1.82) is 0 Å². The number of nitrogens with one attached hydrogen (secondary N) is 1. The second kappa shape index (κ2) is 10.5. The van der Waals surface area contributed by atoms with Crippen LogP contribution in [0.4, 0.5) is 5.82 Å². The molecule has 0 bridgehead atoms. The van der Waals surface area contributed by atoms with E-state index in [4.69, 9.17) is 5.11 Å². The van der Waals surface area contributed by atoms with Crippen LogP contribution in [0, 0.1) is 6.92 Å². The van der Waals surface area contributed by atoms with E-state index in [9.17, 15) is 4.79 Å². The topological polar surface area (TPSA) is 78.3 Å². The molecule has 2 aliphatic rings. The molecule has 0 amide bonds. The van der Waals surface area contributed by atoms with Gasteiger partial charge < -0.3 is 15.3 Å². The van der Waals surface area contributed by atoms with Crippen molar-refractivity contribution >= 4 is 34.0 Å². The Bertz CT molecular complexity index is 1330. The van der Waals surface area contributed by atoms with E-state index >= 15 is 0 Å². The number of benzene rings is 2. The average Bonchev–Trinajstić information content (AvgIpc) is 3.34. The van der Waals surface area contributed by atoms with E-state index in [1.54, 1.807) is 24.7 Å². The summed E-state index contributed by atoms with van der Waals surface area (Å²) in [7, 11) is 0. The molecular formula is C28H30N4O2S. The highest BCUT2D eigenvalue weighted by Gasteiger charge is 2.20. The number of thiophene rings is 1. The molecule has 3 heterocycles. The fourth-order valence-corrected chi connectivity index (χ4v) is 5.17. The van der Waals surface area contributed by atoms with Crippen molar-refractivity contribution < 1.29 is 9.90 Å². The second-order valence-corrected chi connectivity index (χ2v) is 10.1. The van der Waals surface area contributed by atoms with E-state index in [0.717, 1.165) is 48.0 Å². The Morgan fingerprint density at radius 3 is 2.57 bits per heavy atom. The standard InChI is InChI=1S/C22H24N4.C6H6O2S/c1-2-11-26(10-1)22-20-13-18(6-9-21(20)24-15-25-22)17-5-3-4-16(12-17)14-23-19-7-8-19;1-4-2-3-9-5(4)6(7)8/h3-6,9,12-13,15,19,23H,1-2,7-8,10-11,14H2;2-3H,1H3,(H,7,8). The molecule has 180 valence electrons. The zero-order valence-corrected chi connectivity index (χ0v) is 20.7. The van der Waals surface area contributed by atoms with Crippen LogP contribution in [0.2, 0.25) is 0 Å². The molecule has 0 unspecified atom stereocenters. The summed E-state index contributed by atoms with van der Waals surface area (Å²) in [5.74, 6) is 0.253. The van der Waals surface area contributed by atoms with E-state index < -0.39 is 5.97 Å². The molecule has 6 rings (SSSR count). The molecule has 6 nitrogen and oxygen atoms in total. The van der Waals surface area contributed by atoms with Gasteiger partial charge in [0.25, 0.3) is 0 Å². The summed E-state index contributed by atoms with van der Waals surface area (Å²) in [6.45, 7) is 4.94. The molecule has 0 atom stereocenters. The van der Waals surface area contributed by atoms with Crippen LogP contribution < -0.4 is 10.2 Å². The van der Waals surface area contributed by atoms with Crippen LogP contribution >= 0.6 is 11.3 Å². The van der Waals surface area contributed by atoms with Crippen LogP contribution in [-0.2, 0) is 6.54 Å². The maximum absolute atomic E-state index is 10.3. The molecular weight excluding hydrogens is 456 g/mol. The van der Waals surface area contributed by atoms with Gasteiger partial charge in [-0.2, -0.15) is 0 Å². The largest absolute Gasteiger partial charge is 0.477 e. The van der Waals surface area contributed by atoms with E-state index in [-0.39, 0.29) is 0 Å². The summed E-state index contributed by atoms with van der Waals surface area (Å²) in [4.78, 5) is 22.2. The highest BCUT2D eigenvalue weighted by atomic mass is 32.1. The summed E-state index contributed by atoms with van der Waals surface area (Å²) in [6, 6.07) is 18.0. The third-order valence-corrected chi connectivity index (χ3v) is 7.51. The van der Waals surface area contributed by atoms with E-state index in [1.165, 1.54) is 53.7 Å². The predicted octanol–water partition coefficient (Wildman–Crippen LogP) is 5.90. The number of hydrogen-bond donors (Lipinski definition) is 2. The Morgan fingerprint density at radius 2 is 1.89 bits per heavy atom. The van der Waals surface area contributed by atoms with Gasteiger partial charge in [-0.25, -0.2) is 14.8 Å². The van der Waals surface area contributed by atoms with Gasteiger partial charge in [-0.3, -0.25) is 0 Å². The molecule has 1 saturated carbocycles. The minimum atomic E-state index is -0.831. The maximum Gasteiger partial charge on any atom is 0.346 e. The van der Waals surface area contributed by atoms with Gasteiger partial charge in [0.15, 0.2) is 0 Å². The normalized spacial score (nSPS) is 15.2. The zero-order chi connectivity index (χ0) is 24.2. The van der Waals surface area contributed by atoms with E-state index in [2.05, 4.69) is 62.6 Å². The maximum atomic E-state index is 10.3. The van der Waals surface area contributed by atoms with Gasteiger partial charge in [-0.15, -0.1) is 11.3 Å². The van der Waals surface area contributed by atoms with Crippen molar-refractivity contribution in [2.45, 2.75) is 45.2 Å². The van der Waals surface area contributed by atoms with Crippen LogP contribution in [-0.4, -0.2) is 40.2 Å². The lowest BCUT2D eigenvalue weighted by molar-refractivity contribution is 0.0701. The average molecular weight is 487 g/mol. The summed E-state index contributed by atoms with van der Waals surface area (Å²) in [5.41, 5.74) is 5.71. The first-order valence-electron chi connectivity index (χ1n) is 12.2. The van der Waals surface area contributed by atoms with Crippen molar-refractivity contribution in [1.82, 2.24) is 15.3 Å². The highest BCUT2D eigenvalue weighted by Crippen LogP contribution is 2.30. The first-order chi connectivity index (χ1) is 17.1. The number of nitrogens with zero attached hydrogens (tertiary/aromatic N) is 3. The van der Waals surface area contributed by atoms with Crippen LogP contribution in [0.5, 0.6) is 0 Å². The van der Waals surface area contributed by atoms with Crippen molar-refractivity contribution in [3.8, 4) is 11.1 Å². The summed E-state index contributed by atoms with van der Waals surface area (Å²) >= 11 is 1.26. The number of aromatic nitrogens is 2. The molecule has 2 N–H and O–H groups in total. The molecule has 35 heavy (non-hydrogen) atoms. The zero-order valence-electron chi connectivity index (χ0n) is 19.9. The molecule has 1 saturated heterocycles. The van der Waals surface area contributed by atoms with Crippen LogP contribution in [0.3, 0.4) is 0 Å². The van der Waals surface area contributed by atoms with E-state index in [1.807, 2.05) is 0 Å². The van der Waals surface area contributed by atoms with Crippen LogP contribution in [0.25, 0.3) is 22.0 Å². The number of aryl methyl sites for hydroxylation is 1. The number of aromatic carboxylic acids is 1. The number of carboxylic acid groups (broad SMARTS) is 1. The van der Waals surface area contributed by atoms with Crippen molar-refractivity contribution in [3.05, 3.63) is 76.2 Å². The Kier molecular flexibility index (Phi) is 7.06. The molecule has 0 spiro atoms. The molecule has 0 radical (unpaired) electrons. The van der Waals surface area contributed by atoms with E-state index in [0.29, 0.717) is 4.88 Å². The summed E-state index contributed by atoms with van der Waals surface area (Å²) in [6.07, 6.45) is 6.84. The van der Waals surface area contributed by atoms with Crippen molar-refractivity contribution in [3.63, 3.8) is 0 Å². The summed E-state index contributed by atoms with van der Waals surface area (Å²) < 4.78 is 0. The monoisotopic (exact) mass is 486 g/mol. The van der Waals surface area contributed by atoms with Gasteiger partial charge >= 0.3 is 5.97 Å². The molecule has 2 aromatic heterocycles. The number of fused-ring (bicyclic) bond motifs is 1. The van der Waals surface area contributed by atoms with Crippen molar-refractivity contribution in [2.24, 2.45) is 0 Å². The van der Waals surface area contributed by atoms with Gasteiger partial charge in [0, 0.05) is 31.1 Å². The predicted molar refractivity (Wildman–Crippen MR) is 142 cm³/mol. The number of rotatable bonds is 6. The lowest BCUT2D eigenvalue weighted by atomic mass is 10.0. The number of carbonyl (C=O) groups is 1. The third kappa shape index (κ3) is 5.69. The number of carboxylic acids is 1. The van der Waals surface area contributed by atoms with Gasteiger partial charge in [0.05, 0.1) is 5.52 Å². The first-order valence-corrected chi connectivity index (χ1v) is 13.1. The lowest BCUT2D eigenvalue weighted by Crippen LogP contribution is -2.19. The van der Waals surface area contributed by atoms with Gasteiger partial charge in [0.1, 0.15) is 17.0 Å². The molecule has 2 fully saturated rings. The minimum absolute atomic E-state index is 0.440. The molecule has 7 heteroatoms. The Labute approximate surface area is 209 Å². The minimum Gasteiger partial charge on any atom is -0.477 e. The van der Waals surface area contributed by atoms with Gasteiger partial charge in [-0.05, 0) is 84.5 Å². The first kappa shape index (κ1) is 23.5. The fraction of sp³-hybridized carbons (Fsp3) is 0.321. The second-order valence-electron chi connectivity index (χ2n) is 9.22. The van der Waals surface area contributed by atoms with Gasteiger partial charge in [0.2, 0.25) is 0 Å². The number of hydrogen-bond acceptors (Lipinski definition) is 6. The van der Waals surface area contributed by atoms with Crippen molar-refractivity contribution in [2.75, 3.05) is 18.0 Å². The smallest absolute Gasteiger partial charge is 0.346 e. The third-order valence-electron chi connectivity index (χ3n) is 6.51. The van der Waals surface area contributed by atoms with Crippen LogP contribution in [0.1, 0.15) is 46.5 Å². The van der Waals surface area contributed by atoms with Gasteiger partial charge in [-0.1, -0.05) is 24.3 Å². The molecule has 1 aliphatic heterocycles. The molecule has 4 aromatic rings. The summed E-state index contributed by atoms with van der Waals surface area (Å²) in [5, 5.41) is 15.0. The quantitative estimate of drug-likeness (QED) is 0.353. The van der Waals surface area contributed by atoms with Crippen LogP contribution in [0.15, 0.2) is 60.2 Å². The molecule has 1 aliphatic carbocycles.